The lowest BCUT2D eigenvalue weighted by molar-refractivity contribution is -0.137. The van der Waals surface area contributed by atoms with Crippen molar-refractivity contribution >= 4 is 0 Å². The van der Waals surface area contributed by atoms with Gasteiger partial charge in [0.25, 0.3) is 0 Å². The highest BCUT2D eigenvalue weighted by Crippen LogP contribution is 2.29. The molecule has 2 aromatic carbocycles. The van der Waals surface area contributed by atoms with E-state index in [4.69, 9.17) is 0 Å². The van der Waals surface area contributed by atoms with E-state index >= 15 is 0 Å². The third-order valence-corrected chi connectivity index (χ3v) is 2.82. The largest absolute Gasteiger partial charge is 0.508 e. The molecule has 0 radical (unpaired) electrons. The molecular formula is C15H14F3NO. The van der Waals surface area contributed by atoms with E-state index in [1.807, 2.05) is 6.07 Å². The van der Waals surface area contributed by atoms with Crippen LogP contribution in [0.4, 0.5) is 13.2 Å². The average Bonchev–Trinajstić information content (AvgIpc) is 2.38. The molecule has 0 amide bonds. The Morgan fingerprint density at radius 2 is 1.50 bits per heavy atom. The van der Waals surface area contributed by atoms with Crippen LogP contribution in [0.2, 0.25) is 0 Å². The molecule has 0 aromatic heterocycles. The molecule has 0 heterocycles. The van der Waals surface area contributed by atoms with E-state index < -0.39 is 11.7 Å². The van der Waals surface area contributed by atoms with Crippen molar-refractivity contribution in [2.24, 2.45) is 0 Å². The Kier molecular flexibility index (Phi) is 4.29. The Balaban J connectivity index is 1.94. The van der Waals surface area contributed by atoms with Crippen molar-refractivity contribution < 1.29 is 18.3 Å². The minimum absolute atomic E-state index is 0.170. The summed E-state index contributed by atoms with van der Waals surface area (Å²) in [5, 5.41) is 12.3. The lowest BCUT2D eigenvalue weighted by Gasteiger charge is -2.09. The van der Waals surface area contributed by atoms with Crippen molar-refractivity contribution in [2.75, 3.05) is 0 Å². The maximum Gasteiger partial charge on any atom is 0.416 e. The van der Waals surface area contributed by atoms with Crippen LogP contribution in [0.1, 0.15) is 16.7 Å². The van der Waals surface area contributed by atoms with Gasteiger partial charge in [-0.2, -0.15) is 13.2 Å². The maximum atomic E-state index is 12.6. The molecule has 106 valence electrons. The van der Waals surface area contributed by atoms with E-state index in [1.54, 1.807) is 24.3 Å². The summed E-state index contributed by atoms with van der Waals surface area (Å²) in [7, 11) is 0. The van der Waals surface area contributed by atoms with Crippen molar-refractivity contribution in [3.05, 3.63) is 65.2 Å². The lowest BCUT2D eigenvalue weighted by Crippen LogP contribution is -2.13. The first-order chi connectivity index (χ1) is 9.45. The van der Waals surface area contributed by atoms with Crippen molar-refractivity contribution in [3.8, 4) is 5.75 Å². The molecule has 2 nitrogen and oxygen atoms in total. The second-order valence-electron chi connectivity index (χ2n) is 4.47. The second kappa shape index (κ2) is 5.96. The highest BCUT2D eigenvalue weighted by atomic mass is 19.4. The van der Waals surface area contributed by atoms with Gasteiger partial charge in [0.15, 0.2) is 0 Å². The monoisotopic (exact) mass is 281 g/mol. The summed E-state index contributed by atoms with van der Waals surface area (Å²) < 4.78 is 37.7. The zero-order chi connectivity index (χ0) is 14.6. The van der Waals surface area contributed by atoms with Crippen LogP contribution >= 0.6 is 0 Å². The molecule has 0 aliphatic carbocycles. The van der Waals surface area contributed by atoms with Crippen LogP contribution in [0.15, 0.2) is 48.5 Å². The number of phenols is 1. The van der Waals surface area contributed by atoms with E-state index in [1.165, 1.54) is 6.07 Å². The van der Waals surface area contributed by atoms with Crippen LogP contribution in [-0.4, -0.2) is 5.11 Å². The number of nitrogens with one attached hydrogen (secondary N) is 1. The molecule has 0 saturated carbocycles. The van der Waals surface area contributed by atoms with E-state index in [2.05, 4.69) is 5.32 Å². The average molecular weight is 281 g/mol. The van der Waals surface area contributed by atoms with Crippen LogP contribution in [0.5, 0.6) is 5.75 Å². The van der Waals surface area contributed by atoms with Crippen LogP contribution in [0.3, 0.4) is 0 Å². The summed E-state index contributed by atoms with van der Waals surface area (Å²) in [5.41, 5.74) is 0.797. The van der Waals surface area contributed by atoms with Crippen molar-refractivity contribution in [1.29, 1.82) is 0 Å². The van der Waals surface area contributed by atoms with Crippen molar-refractivity contribution in [3.63, 3.8) is 0 Å². The Hall–Kier alpha value is -2.01. The molecule has 2 N–H and O–H groups in total. The third-order valence-electron chi connectivity index (χ3n) is 2.82. The number of aromatic hydroxyl groups is 1. The summed E-state index contributed by atoms with van der Waals surface area (Å²) in [5.74, 6) is 0.170. The molecule has 0 unspecified atom stereocenters. The minimum Gasteiger partial charge on any atom is -0.508 e. The van der Waals surface area contributed by atoms with E-state index in [-0.39, 0.29) is 5.75 Å². The molecule has 2 rings (SSSR count). The van der Waals surface area contributed by atoms with Gasteiger partial charge >= 0.3 is 6.18 Å². The van der Waals surface area contributed by atoms with Gasteiger partial charge in [-0.3, -0.25) is 0 Å². The Bertz CT molecular complexity index is 581. The number of hydrogen-bond acceptors (Lipinski definition) is 2. The first kappa shape index (κ1) is 14.4. The summed E-state index contributed by atoms with van der Waals surface area (Å²) >= 11 is 0. The SMILES string of the molecule is Oc1cccc(CNCc2cccc(C(F)(F)F)c2)c1. The number of alkyl halides is 3. The first-order valence-electron chi connectivity index (χ1n) is 6.10. The van der Waals surface area contributed by atoms with Gasteiger partial charge in [0.2, 0.25) is 0 Å². The number of halogens is 3. The van der Waals surface area contributed by atoms with Gasteiger partial charge in [-0.05, 0) is 29.3 Å². The Labute approximate surface area is 114 Å². The number of hydrogen-bond donors (Lipinski definition) is 2. The molecule has 2 aromatic rings. The van der Waals surface area contributed by atoms with Crippen LogP contribution in [-0.2, 0) is 19.3 Å². The van der Waals surface area contributed by atoms with Gasteiger partial charge in [-0.15, -0.1) is 0 Å². The van der Waals surface area contributed by atoms with Gasteiger partial charge in [0.05, 0.1) is 5.56 Å². The highest BCUT2D eigenvalue weighted by molar-refractivity contribution is 5.28. The topological polar surface area (TPSA) is 32.3 Å². The molecule has 0 saturated heterocycles. The predicted octanol–water partition coefficient (Wildman–Crippen LogP) is 3.70. The molecule has 0 aliphatic heterocycles. The molecule has 5 heteroatoms. The smallest absolute Gasteiger partial charge is 0.416 e. The second-order valence-corrected chi connectivity index (χ2v) is 4.47. The van der Waals surface area contributed by atoms with Gasteiger partial charge in [-0.25, -0.2) is 0 Å². The first-order valence-corrected chi connectivity index (χ1v) is 6.10. The fourth-order valence-electron chi connectivity index (χ4n) is 1.88. The fraction of sp³-hybridized carbons (Fsp3) is 0.200. The highest BCUT2D eigenvalue weighted by Gasteiger charge is 2.30. The number of benzene rings is 2. The normalized spacial score (nSPS) is 11.6. The zero-order valence-corrected chi connectivity index (χ0v) is 10.6. The van der Waals surface area contributed by atoms with Crippen LogP contribution in [0.25, 0.3) is 0 Å². The zero-order valence-electron chi connectivity index (χ0n) is 10.6. The Morgan fingerprint density at radius 3 is 2.10 bits per heavy atom. The van der Waals surface area contributed by atoms with E-state index in [0.29, 0.717) is 18.7 Å². The summed E-state index contributed by atoms with van der Waals surface area (Å²) in [6.45, 7) is 0.810. The molecule has 0 atom stereocenters. The summed E-state index contributed by atoms with van der Waals surface area (Å²) in [4.78, 5) is 0. The minimum atomic E-state index is -4.32. The molecular weight excluding hydrogens is 267 g/mol. The van der Waals surface area contributed by atoms with Gasteiger partial charge in [-0.1, -0.05) is 30.3 Å². The molecule has 0 bridgehead atoms. The third kappa shape index (κ3) is 3.99. The maximum absolute atomic E-state index is 12.6. The number of phenolic OH excluding ortho intramolecular Hbond substituents is 1. The van der Waals surface area contributed by atoms with Gasteiger partial charge in [0, 0.05) is 13.1 Å². The number of rotatable bonds is 4. The molecule has 20 heavy (non-hydrogen) atoms. The molecule has 0 spiro atoms. The van der Waals surface area contributed by atoms with Crippen LogP contribution < -0.4 is 5.32 Å². The summed E-state index contributed by atoms with van der Waals surface area (Å²) in [6, 6.07) is 12.0. The van der Waals surface area contributed by atoms with E-state index in [9.17, 15) is 18.3 Å². The van der Waals surface area contributed by atoms with Crippen molar-refractivity contribution in [2.45, 2.75) is 19.3 Å². The standard InChI is InChI=1S/C15H14F3NO/c16-15(17,18)13-5-1-3-11(7-13)9-19-10-12-4-2-6-14(20)8-12/h1-8,19-20H,9-10H2. The van der Waals surface area contributed by atoms with Gasteiger partial charge < -0.3 is 10.4 Å². The predicted molar refractivity (Wildman–Crippen MR) is 70.1 cm³/mol. The lowest BCUT2D eigenvalue weighted by atomic mass is 10.1. The molecule has 0 fully saturated rings. The fourth-order valence-corrected chi connectivity index (χ4v) is 1.88. The quantitative estimate of drug-likeness (QED) is 0.895. The van der Waals surface area contributed by atoms with E-state index in [0.717, 1.165) is 17.7 Å². The van der Waals surface area contributed by atoms with Crippen LogP contribution in [0, 0.1) is 0 Å². The summed E-state index contributed by atoms with van der Waals surface area (Å²) in [6.07, 6.45) is -4.32. The Morgan fingerprint density at radius 1 is 0.900 bits per heavy atom. The van der Waals surface area contributed by atoms with Gasteiger partial charge in [0.1, 0.15) is 5.75 Å². The van der Waals surface area contributed by atoms with Crippen molar-refractivity contribution in [1.82, 2.24) is 5.32 Å². The molecule has 0 aliphatic rings.